The average Bonchev–Trinajstić information content (AvgIpc) is 2.85. The smallest absolute Gasteiger partial charge is 0.332 e. The van der Waals surface area contributed by atoms with Gasteiger partial charge in [0, 0.05) is 18.9 Å². The summed E-state index contributed by atoms with van der Waals surface area (Å²) in [6, 6.07) is 0. The molecule has 0 aromatic carbocycles. The van der Waals surface area contributed by atoms with Crippen LogP contribution in [-0.2, 0) is 9.59 Å². The Bertz CT molecular complexity index is 212. The van der Waals surface area contributed by atoms with Crippen molar-refractivity contribution in [1.29, 1.82) is 0 Å². The molecule has 13 heavy (non-hydrogen) atoms. The van der Waals surface area contributed by atoms with E-state index in [2.05, 4.69) is 5.32 Å². The van der Waals surface area contributed by atoms with Crippen molar-refractivity contribution in [2.75, 3.05) is 6.54 Å². The van der Waals surface area contributed by atoms with Gasteiger partial charge in [-0.15, -0.1) is 0 Å². The summed E-state index contributed by atoms with van der Waals surface area (Å²) in [4.78, 5) is 21.2. The number of aliphatic hydroxyl groups is 1. The van der Waals surface area contributed by atoms with E-state index in [-0.39, 0.29) is 24.8 Å². The molecule has 0 heterocycles. The first kappa shape index (κ1) is 9.98. The number of carboxylic acid groups (broad SMARTS) is 1. The van der Waals surface area contributed by atoms with Crippen LogP contribution in [0.25, 0.3) is 0 Å². The molecule has 0 aromatic heterocycles. The Hall–Kier alpha value is -1.10. The summed E-state index contributed by atoms with van der Waals surface area (Å²) >= 11 is 0. The number of carbonyl (C=O) groups is 2. The Morgan fingerprint density at radius 1 is 1.46 bits per heavy atom. The van der Waals surface area contributed by atoms with Crippen molar-refractivity contribution in [3.63, 3.8) is 0 Å². The lowest BCUT2D eigenvalue weighted by Gasteiger charge is -2.06. The van der Waals surface area contributed by atoms with Gasteiger partial charge in [0.05, 0.1) is 0 Å². The van der Waals surface area contributed by atoms with Crippen LogP contribution in [0.5, 0.6) is 0 Å². The van der Waals surface area contributed by atoms with E-state index in [1.165, 1.54) is 0 Å². The first-order valence-electron chi connectivity index (χ1n) is 4.30. The van der Waals surface area contributed by atoms with Gasteiger partial charge in [0.1, 0.15) is 0 Å². The van der Waals surface area contributed by atoms with Gasteiger partial charge in [-0.1, -0.05) is 0 Å². The summed E-state index contributed by atoms with van der Waals surface area (Å²) in [5.74, 6) is -1.15. The molecule has 0 radical (unpaired) electrons. The molecular weight excluding hydrogens is 174 g/mol. The number of nitrogens with one attached hydrogen (secondary N) is 1. The monoisotopic (exact) mass is 187 g/mol. The van der Waals surface area contributed by atoms with Gasteiger partial charge in [-0.3, -0.25) is 4.79 Å². The normalized spacial score (nSPS) is 17.9. The molecule has 5 nitrogen and oxygen atoms in total. The Labute approximate surface area is 75.7 Å². The lowest BCUT2D eigenvalue weighted by Crippen LogP contribution is -2.30. The lowest BCUT2D eigenvalue weighted by atomic mass is 10.2. The molecule has 1 fully saturated rings. The molecule has 0 spiro atoms. The minimum absolute atomic E-state index is 0.0300. The molecule has 1 rings (SSSR count). The van der Waals surface area contributed by atoms with E-state index in [0.29, 0.717) is 0 Å². The molecule has 3 N–H and O–H groups in total. The molecule has 1 aliphatic carbocycles. The summed E-state index contributed by atoms with van der Waals surface area (Å²) in [5, 5.41) is 19.7. The van der Waals surface area contributed by atoms with Crippen LogP contribution in [0.4, 0.5) is 0 Å². The Balaban J connectivity index is 2.05. The second-order valence-corrected chi connectivity index (χ2v) is 3.21. The van der Waals surface area contributed by atoms with E-state index in [0.717, 1.165) is 12.8 Å². The second kappa shape index (κ2) is 4.23. The van der Waals surface area contributed by atoms with Gasteiger partial charge in [-0.05, 0) is 12.8 Å². The largest absolute Gasteiger partial charge is 0.479 e. The van der Waals surface area contributed by atoms with Crippen molar-refractivity contribution >= 4 is 11.9 Å². The van der Waals surface area contributed by atoms with Gasteiger partial charge < -0.3 is 15.5 Å². The number of carbonyl (C=O) groups excluding carboxylic acids is 1. The SMILES string of the molecule is O=C(O)C(O)CCNC(=O)C1CC1. The number of aliphatic carboxylic acids is 1. The third-order valence-electron chi connectivity index (χ3n) is 1.95. The highest BCUT2D eigenvalue weighted by Gasteiger charge is 2.29. The Morgan fingerprint density at radius 2 is 2.08 bits per heavy atom. The number of hydrogen-bond acceptors (Lipinski definition) is 3. The van der Waals surface area contributed by atoms with Crippen LogP contribution in [0.3, 0.4) is 0 Å². The van der Waals surface area contributed by atoms with E-state index in [9.17, 15) is 9.59 Å². The molecule has 1 atom stereocenters. The molecular formula is C8H13NO4. The van der Waals surface area contributed by atoms with Crippen LogP contribution in [0.1, 0.15) is 19.3 Å². The predicted octanol–water partition coefficient (Wildman–Crippen LogP) is -0.652. The average molecular weight is 187 g/mol. The molecule has 74 valence electrons. The van der Waals surface area contributed by atoms with Crippen LogP contribution in [0, 0.1) is 5.92 Å². The highest BCUT2D eigenvalue weighted by Crippen LogP contribution is 2.28. The molecule has 1 unspecified atom stereocenters. The summed E-state index contributed by atoms with van der Waals surface area (Å²) in [6.45, 7) is 0.225. The topological polar surface area (TPSA) is 86.6 Å². The minimum atomic E-state index is -1.38. The number of rotatable bonds is 5. The maximum Gasteiger partial charge on any atom is 0.332 e. The Morgan fingerprint density at radius 3 is 2.54 bits per heavy atom. The van der Waals surface area contributed by atoms with Gasteiger partial charge in [-0.2, -0.15) is 0 Å². The van der Waals surface area contributed by atoms with Gasteiger partial charge in [0.25, 0.3) is 0 Å². The standard InChI is InChI=1S/C8H13NO4/c10-6(8(12)13)3-4-9-7(11)5-1-2-5/h5-6,10H,1-4H2,(H,9,11)(H,12,13). The number of hydrogen-bond donors (Lipinski definition) is 3. The quantitative estimate of drug-likeness (QED) is 0.533. The van der Waals surface area contributed by atoms with Crippen molar-refractivity contribution < 1.29 is 19.8 Å². The third-order valence-corrected chi connectivity index (χ3v) is 1.95. The summed E-state index contributed by atoms with van der Waals surface area (Å²) < 4.78 is 0. The van der Waals surface area contributed by atoms with Crippen LogP contribution in [-0.4, -0.2) is 34.7 Å². The van der Waals surface area contributed by atoms with Gasteiger partial charge >= 0.3 is 5.97 Å². The fraction of sp³-hybridized carbons (Fsp3) is 0.750. The van der Waals surface area contributed by atoms with E-state index in [4.69, 9.17) is 10.2 Å². The van der Waals surface area contributed by atoms with Crippen LogP contribution < -0.4 is 5.32 Å². The molecule has 1 aliphatic rings. The predicted molar refractivity (Wildman–Crippen MR) is 44.0 cm³/mol. The summed E-state index contributed by atoms with van der Waals surface area (Å²) in [5.41, 5.74) is 0. The van der Waals surface area contributed by atoms with Crippen molar-refractivity contribution in [1.82, 2.24) is 5.32 Å². The minimum Gasteiger partial charge on any atom is -0.479 e. The van der Waals surface area contributed by atoms with Crippen molar-refractivity contribution in [2.24, 2.45) is 5.92 Å². The first-order valence-corrected chi connectivity index (χ1v) is 4.30. The molecule has 1 amide bonds. The third kappa shape index (κ3) is 3.42. The number of amides is 1. The van der Waals surface area contributed by atoms with E-state index in [1.54, 1.807) is 0 Å². The molecule has 0 bridgehead atoms. The first-order chi connectivity index (χ1) is 6.11. The van der Waals surface area contributed by atoms with E-state index >= 15 is 0 Å². The molecule has 0 aliphatic heterocycles. The van der Waals surface area contributed by atoms with Crippen molar-refractivity contribution in [2.45, 2.75) is 25.4 Å². The molecule has 5 heteroatoms. The molecule has 1 saturated carbocycles. The molecule has 0 saturated heterocycles. The number of aliphatic hydroxyl groups excluding tert-OH is 1. The van der Waals surface area contributed by atoms with Gasteiger partial charge in [-0.25, -0.2) is 4.79 Å². The number of carboxylic acids is 1. The van der Waals surface area contributed by atoms with E-state index < -0.39 is 12.1 Å². The van der Waals surface area contributed by atoms with Gasteiger partial charge in [0.15, 0.2) is 6.10 Å². The lowest BCUT2D eigenvalue weighted by molar-refractivity contribution is -0.147. The summed E-state index contributed by atoms with van der Waals surface area (Å²) in [6.07, 6.45) is 0.536. The fourth-order valence-electron chi connectivity index (χ4n) is 0.945. The highest BCUT2D eigenvalue weighted by atomic mass is 16.4. The molecule has 0 aromatic rings. The van der Waals surface area contributed by atoms with Crippen molar-refractivity contribution in [3.05, 3.63) is 0 Å². The van der Waals surface area contributed by atoms with E-state index in [1.807, 2.05) is 0 Å². The second-order valence-electron chi connectivity index (χ2n) is 3.21. The van der Waals surface area contributed by atoms with Crippen LogP contribution in [0.15, 0.2) is 0 Å². The maximum atomic E-state index is 11.0. The van der Waals surface area contributed by atoms with Crippen molar-refractivity contribution in [3.8, 4) is 0 Å². The van der Waals surface area contributed by atoms with Crippen LogP contribution in [0.2, 0.25) is 0 Å². The zero-order valence-electron chi connectivity index (χ0n) is 7.19. The zero-order chi connectivity index (χ0) is 9.84. The summed E-state index contributed by atoms with van der Waals surface area (Å²) in [7, 11) is 0. The Kier molecular flexibility index (Phi) is 3.25. The van der Waals surface area contributed by atoms with Gasteiger partial charge in [0.2, 0.25) is 5.91 Å². The fourth-order valence-corrected chi connectivity index (χ4v) is 0.945. The van der Waals surface area contributed by atoms with Crippen LogP contribution >= 0.6 is 0 Å². The highest BCUT2D eigenvalue weighted by molar-refractivity contribution is 5.80. The zero-order valence-corrected chi connectivity index (χ0v) is 7.19. The maximum absolute atomic E-state index is 11.0.